The van der Waals surface area contributed by atoms with Crippen molar-refractivity contribution in [3.05, 3.63) is 47.9 Å². The van der Waals surface area contributed by atoms with Gasteiger partial charge < -0.3 is 20.2 Å². The summed E-state index contributed by atoms with van der Waals surface area (Å²) in [6.45, 7) is 2.60. The molecule has 0 atom stereocenters. The first-order valence-electron chi connectivity index (χ1n) is 12.1. The molecule has 2 fully saturated rings. The van der Waals surface area contributed by atoms with Crippen molar-refractivity contribution in [1.82, 2.24) is 19.8 Å². The molecule has 0 aromatic carbocycles. The number of likely N-dealkylation sites (tertiary alicyclic amines) is 2. The van der Waals surface area contributed by atoms with Crippen LogP contribution in [0.4, 0.5) is 10.2 Å². The molecule has 2 N–H and O–H groups in total. The summed E-state index contributed by atoms with van der Waals surface area (Å²) >= 11 is 0. The number of nitrogen functional groups attached to an aromatic ring is 1. The Morgan fingerprint density at radius 1 is 1.17 bits per heavy atom. The molecule has 0 bridgehead atoms. The molecular formula is C25H31FN6O3. The molecule has 10 heteroatoms. The highest BCUT2D eigenvalue weighted by Crippen LogP contribution is 2.40. The molecule has 35 heavy (non-hydrogen) atoms. The second-order valence-electron chi connectivity index (χ2n) is 9.66. The Labute approximate surface area is 204 Å². The monoisotopic (exact) mass is 482 g/mol. The van der Waals surface area contributed by atoms with Gasteiger partial charge in [0.1, 0.15) is 35.7 Å². The minimum absolute atomic E-state index is 0.189. The summed E-state index contributed by atoms with van der Waals surface area (Å²) in [7, 11) is 1.51. The molecule has 2 aromatic rings. The molecule has 0 aliphatic carbocycles. The Morgan fingerprint density at radius 3 is 2.66 bits per heavy atom. The molecule has 3 aliphatic rings. The van der Waals surface area contributed by atoms with Gasteiger partial charge in [-0.2, -0.15) is 0 Å². The van der Waals surface area contributed by atoms with Gasteiger partial charge in [0.05, 0.1) is 0 Å². The average Bonchev–Trinajstić information content (AvgIpc) is 2.86. The van der Waals surface area contributed by atoms with E-state index in [-0.39, 0.29) is 12.8 Å². The number of ether oxygens (including phenoxy) is 1. The van der Waals surface area contributed by atoms with Gasteiger partial charge in [-0.15, -0.1) is 0 Å². The number of nitrogens with zero attached hydrogens (tertiary/aromatic N) is 5. The quantitative estimate of drug-likeness (QED) is 0.668. The van der Waals surface area contributed by atoms with E-state index in [0.717, 1.165) is 11.3 Å². The molecule has 1 spiro atoms. The van der Waals surface area contributed by atoms with Gasteiger partial charge in [0.25, 0.3) is 5.91 Å². The number of alkyl halides is 1. The van der Waals surface area contributed by atoms with Crippen molar-refractivity contribution in [2.45, 2.75) is 49.9 Å². The molecule has 1 amide bonds. The zero-order chi connectivity index (χ0) is 24.5. The number of hydrogen-bond acceptors (Lipinski definition) is 8. The molecule has 0 radical (unpaired) electrons. The van der Waals surface area contributed by atoms with E-state index in [2.05, 4.69) is 20.0 Å². The number of aromatic nitrogens is 2. The SMILES string of the molecule is CON=C1CC2(CCN(C(=O)C3(F)CCN(Cc4ccnc(N)c4)CC3)CC2)Oc2cccnc21. The van der Waals surface area contributed by atoms with E-state index >= 15 is 4.39 Å². The number of piperidine rings is 2. The van der Waals surface area contributed by atoms with Crippen molar-refractivity contribution < 1.29 is 18.8 Å². The number of rotatable bonds is 4. The summed E-state index contributed by atoms with van der Waals surface area (Å²) < 4.78 is 22.2. The van der Waals surface area contributed by atoms with Crippen LogP contribution in [0.1, 0.15) is 43.4 Å². The zero-order valence-electron chi connectivity index (χ0n) is 20.0. The summed E-state index contributed by atoms with van der Waals surface area (Å²) in [5, 5.41) is 4.17. The van der Waals surface area contributed by atoms with Crippen LogP contribution in [0.2, 0.25) is 0 Å². The van der Waals surface area contributed by atoms with Crippen LogP contribution in [0.25, 0.3) is 0 Å². The van der Waals surface area contributed by atoms with E-state index in [0.29, 0.717) is 69.2 Å². The summed E-state index contributed by atoms with van der Waals surface area (Å²) in [5.74, 6) is 0.739. The number of carbonyl (C=O) groups is 1. The number of hydrogen-bond donors (Lipinski definition) is 1. The maximum absolute atomic E-state index is 15.8. The molecule has 3 aliphatic heterocycles. The first-order chi connectivity index (χ1) is 16.9. The van der Waals surface area contributed by atoms with Crippen molar-refractivity contribution >= 4 is 17.4 Å². The fourth-order valence-corrected chi connectivity index (χ4v) is 5.34. The predicted molar refractivity (Wildman–Crippen MR) is 129 cm³/mol. The minimum Gasteiger partial charge on any atom is -0.484 e. The van der Waals surface area contributed by atoms with Crippen LogP contribution in [0.3, 0.4) is 0 Å². The van der Waals surface area contributed by atoms with Crippen molar-refractivity contribution in [1.29, 1.82) is 0 Å². The number of halogens is 1. The maximum Gasteiger partial charge on any atom is 0.260 e. The van der Waals surface area contributed by atoms with Gasteiger partial charge in [-0.25, -0.2) is 9.37 Å². The number of anilines is 1. The second kappa shape index (κ2) is 9.41. The van der Waals surface area contributed by atoms with Crippen LogP contribution in [0.15, 0.2) is 41.8 Å². The summed E-state index contributed by atoms with van der Waals surface area (Å²) in [6.07, 6.45) is 5.49. The van der Waals surface area contributed by atoms with Crippen LogP contribution in [-0.4, -0.2) is 75.9 Å². The van der Waals surface area contributed by atoms with E-state index in [1.807, 2.05) is 24.3 Å². The third-order valence-electron chi connectivity index (χ3n) is 7.31. The third-order valence-corrected chi connectivity index (χ3v) is 7.31. The van der Waals surface area contributed by atoms with Crippen LogP contribution >= 0.6 is 0 Å². The summed E-state index contributed by atoms with van der Waals surface area (Å²) in [4.78, 5) is 30.5. The molecule has 5 heterocycles. The average molecular weight is 483 g/mol. The number of oxime groups is 1. The van der Waals surface area contributed by atoms with Crippen molar-refractivity contribution in [3.63, 3.8) is 0 Å². The van der Waals surface area contributed by atoms with Gasteiger partial charge >= 0.3 is 0 Å². The number of nitrogens with two attached hydrogens (primary N) is 1. The largest absolute Gasteiger partial charge is 0.484 e. The highest BCUT2D eigenvalue weighted by atomic mass is 19.1. The molecule has 5 rings (SSSR count). The van der Waals surface area contributed by atoms with E-state index in [9.17, 15) is 4.79 Å². The highest BCUT2D eigenvalue weighted by Gasteiger charge is 2.48. The molecule has 186 valence electrons. The Kier molecular flexibility index (Phi) is 6.31. The molecule has 0 unspecified atom stereocenters. The Balaban J connectivity index is 1.19. The van der Waals surface area contributed by atoms with Crippen LogP contribution in [-0.2, 0) is 16.2 Å². The van der Waals surface area contributed by atoms with Gasteiger partial charge in [-0.3, -0.25) is 14.7 Å². The van der Waals surface area contributed by atoms with Crippen molar-refractivity contribution in [2.24, 2.45) is 5.16 Å². The molecule has 9 nitrogen and oxygen atoms in total. The summed E-state index contributed by atoms with van der Waals surface area (Å²) in [6, 6.07) is 7.43. The maximum atomic E-state index is 15.8. The number of fused-ring (bicyclic) bond motifs is 1. The smallest absolute Gasteiger partial charge is 0.260 e. The highest BCUT2D eigenvalue weighted by molar-refractivity contribution is 6.02. The lowest BCUT2D eigenvalue weighted by molar-refractivity contribution is -0.151. The second-order valence-corrected chi connectivity index (χ2v) is 9.66. The standard InChI is InChI=1S/C25H31FN6O3/c1-34-30-19-16-24(35-20-3-2-9-29-22(19)20)5-13-32(14-6-24)23(33)25(26)7-11-31(12-8-25)17-18-4-10-28-21(27)15-18/h2-4,9-10,15H,5-8,11-14,16-17H2,1H3,(H2,27,28). The van der Waals surface area contributed by atoms with Gasteiger partial charge in [-0.1, -0.05) is 5.16 Å². The molecule has 2 aromatic heterocycles. The van der Waals surface area contributed by atoms with E-state index < -0.39 is 17.2 Å². The van der Waals surface area contributed by atoms with Gasteiger partial charge in [0, 0.05) is 77.2 Å². The lowest BCUT2D eigenvalue weighted by atomic mass is 9.82. The van der Waals surface area contributed by atoms with Crippen LogP contribution in [0, 0.1) is 0 Å². The van der Waals surface area contributed by atoms with Gasteiger partial charge in [0.2, 0.25) is 0 Å². The predicted octanol–water partition coefficient (Wildman–Crippen LogP) is 2.56. The number of amides is 1. The molecule has 0 saturated carbocycles. The molecular weight excluding hydrogens is 451 g/mol. The Bertz CT molecular complexity index is 1110. The van der Waals surface area contributed by atoms with Crippen LogP contribution in [0.5, 0.6) is 5.75 Å². The topological polar surface area (TPSA) is 106 Å². The normalized spacial score (nSPS) is 22.5. The van der Waals surface area contributed by atoms with E-state index in [1.165, 1.54) is 7.11 Å². The fraction of sp³-hybridized carbons (Fsp3) is 0.520. The first kappa shape index (κ1) is 23.5. The van der Waals surface area contributed by atoms with Crippen LogP contribution < -0.4 is 10.5 Å². The molecule has 2 saturated heterocycles. The van der Waals surface area contributed by atoms with Crippen molar-refractivity contribution in [2.75, 3.05) is 39.0 Å². The first-order valence-corrected chi connectivity index (χ1v) is 12.1. The van der Waals surface area contributed by atoms with Gasteiger partial charge in [-0.05, 0) is 29.8 Å². The van der Waals surface area contributed by atoms with Crippen molar-refractivity contribution in [3.8, 4) is 5.75 Å². The fourth-order valence-electron chi connectivity index (χ4n) is 5.34. The number of carbonyl (C=O) groups excluding carboxylic acids is 1. The Morgan fingerprint density at radius 2 is 1.94 bits per heavy atom. The summed E-state index contributed by atoms with van der Waals surface area (Å²) in [5.41, 5.74) is 5.89. The third kappa shape index (κ3) is 4.80. The van der Waals surface area contributed by atoms with E-state index in [4.69, 9.17) is 15.3 Å². The Hall–Kier alpha value is -3.27. The lowest BCUT2D eigenvalue weighted by Crippen LogP contribution is -2.57. The lowest BCUT2D eigenvalue weighted by Gasteiger charge is -2.46. The van der Waals surface area contributed by atoms with E-state index in [1.54, 1.807) is 17.3 Å². The minimum atomic E-state index is -1.83. The van der Waals surface area contributed by atoms with Gasteiger partial charge in [0.15, 0.2) is 5.67 Å². The zero-order valence-corrected chi connectivity index (χ0v) is 20.0. The number of pyridine rings is 2.